The second-order valence-electron chi connectivity index (χ2n) is 4.62. The predicted octanol–water partition coefficient (Wildman–Crippen LogP) is 0.453. The molecule has 0 aromatic carbocycles. The van der Waals surface area contributed by atoms with E-state index in [1.807, 2.05) is 6.92 Å². The molecular weight excluding hydrogens is 258 g/mol. The number of hydrogen-bond acceptors (Lipinski definition) is 5. The fourth-order valence-corrected chi connectivity index (χ4v) is 1.49. The number of hydrogen-bond donors (Lipinski definition) is 2. The lowest BCUT2D eigenvalue weighted by Crippen LogP contribution is -2.55. The molecule has 1 rings (SSSR count). The molecule has 1 aliphatic heterocycles. The van der Waals surface area contributed by atoms with E-state index in [1.54, 1.807) is 13.8 Å². The van der Waals surface area contributed by atoms with Gasteiger partial charge in [0.2, 0.25) is 0 Å². The van der Waals surface area contributed by atoms with Gasteiger partial charge in [-0.05, 0) is 13.8 Å². The maximum absolute atomic E-state index is 12.0. The molecule has 3 N–H and O–H groups in total. The average molecular weight is 276 g/mol. The van der Waals surface area contributed by atoms with Gasteiger partial charge in [-0.3, -0.25) is 9.80 Å². The Kier molecular flexibility index (Phi) is 4.53. The third-order valence-electron chi connectivity index (χ3n) is 2.48. The molecule has 102 valence electrons. The maximum Gasteiger partial charge on any atom is 0.340 e. The van der Waals surface area contributed by atoms with Crippen molar-refractivity contribution in [2.24, 2.45) is 10.9 Å². The minimum Gasteiger partial charge on any atom is -0.330 e. The number of halogens is 1. The van der Waals surface area contributed by atoms with Crippen LogP contribution in [0.5, 0.6) is 0 Å². The number of aldehydes is 1. The number of nitrogens with two attached hydrogens (primary N) is 1. The lowest BCUT2D eigenvalue weighted by molar-refractivity contribution is -0.114. The summed E-state index contributed by atoms with van der Waals surface area (Å²) in [5.74, 6) is 6.42. The Balaban J connectivity index is 2.85. The molecule has 1 atom stereocenters. The number of nitrogens with one attached hydrogen (secondary N) is 1. The number of rotatable bonds is 4. The van der Waals surface area contributed by atoms with Crippen LogP contribution in [-0.2, 0) is 4.79 Å². The van der Waals surface area contributed by atoms with Crippen molar-refractivity contribution in [1.82, 2.24) is 15.3 Å². The van der Waals surface area contributed by atoms with Crippen molar-refractivity contribution in [1.29, 1.82) is 0 Å². The van der Waals surface area contributed by atoms with Gasteiger partial charge in [0.15, 0.2) is 12.5 Å². The van der Waals surface area contributed by atoms with Crippen LogP contribution in [-0.4, -0.2) is 45.8 Å². The number of carbonyl (C=O) groups excluding carboxylic acids is 2. The van der Waals surface area contributed by atoms with Crippen molar-refractivity contribution >= 4 is 29.8 Å². The number of hydrazone groups is 1. The SMILES string of the molecule is CCC1=NN(C(=O)NC(C)(C)CCl)C(C=O)N1N. The van der Waals surface area contributed by atoms with Gasteiger partial charge >= 0.3 is 6.03 Å². The van der Waals surface area contributed by atoms with E-state index in [9.17, 15) is 9.59 Å². The second kappa shape index (κ2) is 5.53. The third-order valence-corrected chi connectivity index (χ3v) is 3.15. The molecule has 0 fully saturated rings. The Bertz CT molecular complexity index is 371. The van der Waals surface area contributed by atoms with Gasteiger partial charge in [0, 0.05) is 17.8 Å². The third kappa shape index (κ3) is 2.91. The molecule has 0 bridgehead atoms. The van der Waals surface area contributed by atoms with Crippen LogP contribution in [0.15, 0.2) is 5.10 Å². The van der Waals surface area contributed by atoms with Crippen LogP contribution < -0.4 is 11.2 Å². The molecular formula is C10H18ClN5O2. The molecule has 0 aromatic rings. The van der Waals surface area contributed by atoms with E-state index in [4.69, 9.17) is 17.4 Å². The zero-order valence-electron chi connectivity index (χ0n) is 10.7. The highest BCUT2D eigenvalue weighted by atomic mass is 35.5. The summed E-state index contributed by atoms with van der Waals surface area (Å²) in [6.45, 7) is 5.38. The van der Waals surface area contributed by atoms with E-state index in [0.29, 0.717) is 18.5 Å². The summed E-state index contributed by atoms with van der Waals surface area (Å²) in [6, 6.07) is -0.503. The standard InChI is InChI=1S/C10H18ClN5O2/c1-4-7-14-16(8(5-17)15(7)12)9(18)13-10(2,3)6-11/h5,8H,4,6,12H2,1-3H3,(H,13,18). The minimum absolute atomic E-state index is 0.245. The fourth-order valence-electron chi connectivity index (χ4n) is 1.43. The molecule has 0 saturated heterocycles. The van der Waals surface area contributed by atoms with E-state index in [1.165, 1.54) is 5.01 Å². The van der Waals surface area contributed by atoms with Crippen molar-refractivity contribution in [3.8, 4) is 0 Å². The van der Waals surface area contributed by atoms with E-state index < -0.39 is 17.7 Å². The molecule has 0 spiro atoms. The quantitative estimate of drug-likeness (QED) is 0.443. The zero-order chi connectivity index (χ0) is 13.9. The first-order chi connectivity index (χ1) is 8.36. The van der Waals surface area contributed by atoms with Gasteiger partial charge in [-0.1, -0.05) is 6.92 Å². The summed E-state index contributed by atoms with van der Waals surface area (Å²) in [5, 5.41) is 8.92. The van der Waals surface area contributed by atoms with Gasteiger partial charge in [-0.25, -0.2) is 10.6 Å². The Labute approximate surface area is 111 Å². The summed E-state index contributed by atoms with van der Waals surface area (Å²) in [4.78, 5) is 23.0. The van der Waals surface area contributed by atoms with Crippen LogP contribution in [0, 0.1) is 0 Å². The summed E-state index contributed by atoms with van der Waals surface area (Å²) in [6.07, 6.45) is 0.189. The Morgan fingerprint density at radius 3 is 2.72 bits per heavy atom. The first kappa shape index (κ1) is 14.7. The van der Waals surface area contributed by atoms with Crippen LogP contribution in [0.3, 0.4) is 0 Å². The first-order valence-corrected chi connectivity index (χ1v) is 6.13. The highest BCUT2D eigenvalue weighted by molar-refractivity contribution is 6.18. The normalized spacial score (nSPS) is 19.8. The minimum atomic E-state index is -0.911. The van der Waals surface area contributed by atoms with E-state index >= 15 is 0 Å². The highest BCUT2D eigenvalue weighted by Gasteiger charge is 2.36. The largest absolute Gasteiger partial charge is 0.340 e. The van der Waals surface area contributed by atoms with Crippen molar-refractivity contribution in [3.63, 3.8) is 0 Å². The van der Waals surface area contributed by atoms with Gasteiger partial charge < -0.3 is 5.32 Å². The van der Waals surface area contributed by atoms with Crippen LogP contribution >= 0.6 is 11.6 Å². The molecule has 1 unspecified atom stereocenters. The smallest absolute Gasteiger partial charge is 0.330 e. The first-order valence-electron chi connectivity index (χ1n) is 5.60. The van der Waals surface area contributed by atoms with Gasteiger partial charge in [0.25, 0.3) is 0 Å². The van der Waals surface area contributed by atoms with Crippen molar-refractivity contribution < 1.29 is 9.59 Å². The predicted molar refractivity (Wildman–Crippen MR) is 68.8 cm³/mol. The average Bonchev–Trinajstić information content (AvgIpc) is 2.65. The van der Waals surface area contributed by atoms with Gasteiger partial charge in [0.1, 0.15) is 5.84 Å². The number of amidine groups is 1. The summed E-state index contributed by atoms with van der Waals surface area (Å²) >= 11 is 5.73. The van der Waals surface area contributed by atoms with E-state index in [0.717, 1.165) is 5.01 Å². The lowest BCUT2D eigenvalue weighted by atomic mass is 10.1. The van der Waals surface area contributed by atoms with Crippen molar-refractivity contribution in [3.05, 3.63) is 0 Å². The molecule has 0 saturated carbocycles. The molecule has 7 nitrogen and oxygen atoms in total. The number of amides is 2. The summed E-state index contributed by atoms with van der Waals surface area (Å²) in [7, 11) is 0. The number of urea groups is 1. The Hall–Kier alpha value is -1.34. The molecule has 1 aliphatic rings. The van der Waals surface area contributed by atoms with Crippen LogP contribution in [0.2, 0.25) is 0 Å². The van der Waals surface area contributed by atoms with Crippen LogP contribution in [0.1, 0.15) is 27.2 Å². The van der Waals surface area contributed by atoms with Crippen molar-refractivity contribution in [2.75, 3.05) is 5.88 Å². The van der Waals surface area contributed by atoms with Crippen molar-refractivity contribution in [2.45, 2.75) is 38.9 Å². The topological polar surface area (TPSA) is 91.0 Å². The Morgan fingerprint density at radius 2 is 2.28 bits per heavy atom. The van der Waals surface area contributed by atoms with Crippen LogP contribution in [0.4, 0.5) is 4.79 Å². The summed E-state index contributed by atoms with van der Waals surface area (Å²) in [5.41, 5.74) is -0.587. The number of nitrogens with zero attached hydrogens (tertiary/aromatic N) is 3. The fraction of sp³-hybridized carbons (Fsp3) is 0.700. The Morgan fingerprint density at radius 1 is 1.67 bits per heavy atom. The van der Waals surface area contributed by atoms with E-state index in [2.05, 4.69) is 10.4 Å². The monoisotopic (exact) mass is 275 g/mol. The number of hydrazine groups is 1. The lowest BCUT2D eigenvalue weighted by Gasteiger charge is -2.28. The number of carbonyl (C=O) groups is 2. The van der Waals surface area contributed by atoms with Gasteiger partial charge in [-0.15, -0.1) is 11.6 Å². The molecule has 2 amide bonds. The molecule has 0 radical (unpaired) electrons. The maximum atomic E-state index is 12.0. The molecule has 18 heavy (non-hydrogen) atoms. The molecule has 1 heterocycles. The van der Waals surface area contributed by atoms with Gasteiger partial charge in [-0.2, -0.15) is 10.1 Å². The molecule has 0 aliphatic carbocycles. The summed E-state index contributed by atoms with van der Waals surface area (Å²) < 4.78 is 0. The van der Waals surface area contributed by atoms with Crippen LogP contribution in [0.25, 0.3) is 0 Å². The molecule has 0 aromatic heterocycles. The highest BCUT2D eigenvalue weighted by Crippen LogP contribution is 2.15. The van der Waals surface area contributed by atoms with Gasteiger partial charge in [0.05, 0.1) is 0 Å². The van der Waals surface area contributed by atoms with E-state index in [-0.39, 0.29) is 5.88 Å². The second-order valence-corrected chi connectivity index (χ2v) is 4.89. The molecule has 8 heteroatoms. The number of alkyl halides is 1. The zero-order valence-corrected chi connectivity index (χ0v) is 11.4.